The number of hydrogen-bond donors (Lipinski definition) is 3. The van der Waals surface area contributed by atoms with Crippen molar-refractivity contribution >= 4 is 23.2 Å². The van der Waals surface area contributed by atoms with Crippen molar-refractivity contribution < 1.29 is 9.52 Å². The highest BCUT2D eigenvalue weighted by atomic mass is 35.5. The van der Waals surface area contributed by atoms with Crippen LogP contribution in [0.25, 0.3) is 0 Å². The molecule has 0 aliphatic heterocycles. The number of hydrogen-bond acceptors (Lipinski definition) is 5. The minimum absolute atomic E-state index is 0.250. The number of rotatable bonds is 7. The minimum Gasteiger partial charge on any atom is -0.502 e. The van der Waals surface area contributed by atoms with Crippen LogP contribution in [0.5, 0.6) is 5.75 Å². The number of benzene rings is 1. The fourth-order valence-corrected chi connectivity index (χ4v) is 2.36. The monoisotopic (exact) mass is 356 g/mol. The largest absolute Gasteiger partial charge is 0.502 e. The summed E-state index contributed by atoms with van der Waals surface area (Å²) in [6, 6.07) is 6.76. The van der Waals surface area contributed by atoms with E-state index in [9.17, 15) is 9.90 Å². The first-order chi connectivity index (χ1) is 11.0. The molecule has 2 aromatic rings. The summed E-state index contributed by atoms with van der Waals surface area (Å²) in [4.78, 5) is 11.4. The standard InChI is InChI=1S/C16H18Cl2N2O3/c1-10-6-14(21)16(22)15(23-10)9-20-5-4-19-8-11-2-3-12(17)13(18)7-11/h2-3,6-7,19-20,22H,4-5,8-9H2,1H3. The second kappa shape index (κ2) is 8.36. The van der Waals surface area contributed by atoms with Crippen LogP contribution in [0.1, 0.15) is 17.1 Å². The van der Waals surface area contributed by atoms with Crippen LogP contribution >= 0.6 is 23.2 Å². The van der Waals surface area contributed by atoms with Crippen LogP contribution in [-0.2, 0) is 13.1 Å². The number of aromatic hydroxyl groups is 1. The average Bonchev–Trinajstić information content (AvgIpc) is 2.50. The van der Waals surface area contributed by atoms with Gasteiger partial charge in [-0.25, -0.2) is 0 Å². The molecular weight excluding hydrogens is 339 g/mol. The van der Waals surface area contributed by atoms with Gasteiger partial charge in [-0.3, -0.25) is 4.79 Å². The third-order valence-electron chi connectivity index (χ3n) is 3.19. The summed E-state index contributed by atoms with van der Waals surface area (Å²) in [6.07, 6.45) is 0. The van der Waals surface area contributed by atoms with Crippen molar-refractivity contribution in [1.82, 2.24) is 10.6 Å². The molecule has 0 saturated carbocycles. The Balaban J connectivity index is 1.72. The van der Waals surface area contributed by atoms with Crippen molar-refractivity contribution in [3.05, 3.63) is 61.6 Å². The van der Waals surface area contributed by atoms with E-state index in [4.69, 9.17) is 27.6 Å². The van der Waals surface area contributed by atoms with Gasteiger partial charge in [0, 0.05) is 25.7 Å². The molecule has 0 spiro atoms. The minimum atomic E-state index is -0.428. The van der Waals surface area contributed by atoms with Gasteiger partial charge >= 0.3 is 0 Å². The molecular formula is C16H18Cl2N2O3. The molecule has 0 fully saturated rings. The summed E-state index contributed by atoms with van der Waals surface area (Å²) in [7, 11) is 0. The Morgan fingerprint density at radius 3 is 2.48 bits per heavy atom. The predicted molar refractivity (Wildman–Crippen MR) is 91.3 cm³/mol. The maximum absolute atomic E-state index is 11.4. The normalized spacial score (nSPS) is 10.9. The van der Waals surface area contributed by atoms with Gasteiger partial charge in [-0.2, -0.15) is 0 Å². The third-order valence-corrected chi connectivity index (χ3v) is 3.93. The van der Waals surface area contributed by atoms with E-state index in [0.29, 0.717) is 35.4 Å². The molecule has 3 N–H and O–H groups in total. The lowest BCUT2D eigenvalue weighted by atomic mass is 10.2. The van der Waals surface area contributed by atoms with Gasteiger partial charge in [0.2, 0.25) is 11.2 Å². The van der Waals surface area contributed by atoms with Crippen LogP contribution in [0.15, 0.2) is 33.5 Å². The zero-order valence-corrected chi connectivity index (χ0v) is 14.2. The molecule has 0 atom stereocenters. The van der Waals surface area contributed by atoms with Crippen molar-refractivity contribution in [2.75, 3.05) is 13.1 Å². The van der Waals surface area contributed by atoms with Crippen molar-refractivity contribution in [1.29, 1.82) is 0 Å². The molecule has 1 aromatic heterocycles. The van der Waals surface area contributed by atoms with Crippen molar-refractivity contribution in [3.63, 3.8) is 0 Å². The lowest BCUT2D eigenvalue weighted by molar-refractivity contribution is 0.378. The molecule has 1 aromatic carbocycles. The Kier molecular flexibility index (Phi) is 6.47. The first kappa shape index (κ1) is 17.8. The molecule has 0 saturated heterocycles. The predicted octanol–water partition coefficient (Wildman–Crippen LogP) is 2.84. The van der Waals surface area contributed by atoms with Crippen molar-refractivity contribution in [2.24, 2.45) is 0 Å². The Morgan fingerprint density at radius 1 is 1.09 bits per heavy atom. The summed E-state index contributed by atoms with van der Waals surface area (Å²) >= 11 is 11.8. The van der Waals surface area contributed by atoms with Crippen molar-refractivity contribution in [2.45, 2.75) is 20.0 Å². The number of halogens is 2. The molecule has 1 heterocycles. The Morgan fingerprint density at radius 2 is 1.78 bits per heavy atom. The average molecular weight is 357 g/mol. The van der Waals surface area contributed by atoms with Crippen LogP contribution in [0.2, 0.25) is 10.0 Å². The van der Waals surface area contributed by atoms with E-state index in [-0.39, 0.29) is 18.1 Å². The van der Waals surface area contributed by atoms with Crippen LogP contribution in [0.3, 0.4) is 0 Å². The third kappa shape index (κ3) is 5.25. The summed E-state index contributed by atoms with van der Waals surface area (Å²) in [5.41, 5.74) is 0.616. The Bertz CT molecular complexity index is 732. The maximum atomic E-state index is 11.4. The van der Waals surface area contributed by atoms with Gasteiger partial charge in [0.05, 0.1) is 16.6 Å². The molecule has 0 radical (unpaired) electrons. The summed E-state index contributed by atoms with van der Waals surface area (Å²) in [5.74, 6) is 0.383. The second-order valence-electron chi connectivity index (χ2n) is 5.10. The molecule has 0 bridgehead atoms. The van der Waals surface area contributed by atoms with Crippen LogP contribution in [0.4, 0.5) is 0 Å². The lowest BCUT2D eigenvalue weighted by Gasteiger charge is -2.08. The van der Waals surface area contributed by atoms with E-state index in [1.807, 2.05) is 12.1 Å². The second-order valence-corrected chi connectivity index (χ2v) is 5.91. The zero-order valence-electron chi connectivity index (χ0n) is 12.7. The SMILES string of the molecule is Cc1cc(=O)c(O)c(CNCCNCc2ccc(Cl)c(Cl)c2)o1. The number of nitrogens with one attached hydrogen (secondary N) is 2. The topological polar surface area (TPSA) is 74.5 Å². The van der Waals surface area contributed by atoms with Gasteiger partial charge in [0.15, 0.2) is 5.76 Å². The number of aryl methyl sites for hydroxylation is 1. The van der Waals surface area contributed by atoms with Gasteiger partial charge in [-0.1, -0.05) is 29.3 Å². The van der Waals surface area contributed by atoms with Gasteiger partial charge in [-0.15, -0.1) is 0 Å². The molecule has 0 aliphatic rings. The van der Waals surface area contributed by atoms with Gasteiger partial charge in [0.1, 0.15) is 5.76 Å². The Labute approximate surface area is 144 Å². The van der Waals surface area contributed by atoms with E-state index in [0.717, 1.165) is 5.56 Å². The van der Waals surface area contributed by atoms with E-state index in [1.54, 1.807) is 13.0 Å². The summed E-state index contributed by atoms with van der Waals surface area (Å²) < 4.78 is 5.33. The van der Waals surface area contributed by atoms with E-state index in [1.165, 1.54) is 6.07 Å². The summed E-state index contributed by atoms with van der Waals surface area (Å²) in [5, 5.41) is 17.1. The van der Waals surface area contributed by atoms with E-state index >= 15 is 0 Å². The molecule has 0 aliphatic carbocycles. The summed E-state index contributed by atoms with van der Waals surface area (Å²) in [6.45, 7) is 3.99. The fraction of sp³-hybridized carbons (Fsp3) is 0.312. The van der Waals surface area contributed by atoms with Gasteiger partial charge in [0.25, 0.3) is 0 Å². The molecule has 124 valence electrons. The highest BCUT2D eigenvalue weighted by molar-refractivity contribution is 6.42. The van der Waals surface area contributed by atoms with Gasteiger partial charge in [-0.05, 0) is 24.6 Å². The van der Waals surface area contributed by atoms with Crippen LogP contribution in [-0.4, -0.2) is 18.2 Å². The highest BCUT2D eigenvalue weighted by Gasteiger charge is 2.08. The molecule has 5 nitrogen and oxygen atoms in total. The molecule has 23 heavy (non-hydrogen) atoms. The van der Waals surface area contributed by atoms with E-state index < -0.39 is 5.43 Å². The smallest absolute Gasteiger partial charge is 0.227 e. The molecule has 0 amide bonds. The first-order valence-electron chi connectivity index (χ1n) is 7.15. The maximum Gasteiger partial charge on any atom is 0.227 e. The quantitative estimate of drug-likeness (QED) is 0.665. The zero-order chi connectivity index (χ0) is 16.8. The fourth-order valence-electron chi connectivity index (χ4n) is 2.04. The Hall–Kier alpha value is -1.53. The van der Waals surface area contributed by atoms with Crippen molar-refractivity contribution in [3.8, 4) is 5.75 Å². The molecule has 2 rings (SSSR count). The molecule has 7 heteroatoms. The first-order valence-corrected chi connectivity index (χ1v) is 7.91. The highest BCUT2D eigenvalue weighted by Crippen LogP contribution is 2.22. The lowest BCUT2D eigenvalue weighted by Crippen LogP contribution is -2.27. The molecule has 0 unspecified atom stereocenters. The van der Waals surface area contributed by atoms with Gasteiger partial charge < -0.3 is 20.2 Å². The van der Waals surface area contributed by atoms with Crippen LogP contribution < -0.4 is 16.1 Å². The van der Waals surface area contributed by atoms with E-state index in [2.05, 4.69) is 10.6 Å². The van der Waals surface area contributed by atoms with Crippen LogP contribution in [0, 0.1) is 6.92 Å².